The molecule has 20 heavy (non-hydrogen) atoms. The van der Waals surface area contributed by atoms with Crippen molar-refractivity contribution < 1.29 is 9.13 Å². The fourth-order valence-electron chi connectivity index (χ4n) is 1.59. The van der Waals surface area contributed by atoms with E-state index < -0.39 is 0 Å². The highest BCUT2D eigenvalue weighted by Crippen LogP contribution is 2.29. The SMILES string of the molecule is Cc1ccc(Oc2nc(C(C)C)nc(Cl)c2C)cc1F. The first-order chi connectivity index (χ1) is 9.38. The van der Waals surface area contributed by atoms with Crippen molar-refractivity contribution in [1.29, 1.82) is 0 Å². The second-order valence-corrected chi connectivity index (χ2v) is 5.33. The zero-order valence-corrected chi connectivity index (χ0v) is 12.6. The zero-order valence-electron chi connectivity index (χ0n) is 11.9. The topological polar surface area (TPSA) is 35.0 Å². The van der Waals surface area contributed by atoms with E-state index in [-0.39, 0.29) is 11.7 Å². The number of benzene rings is 1. The van der Waals surface area contributed by atoms with Crippen LogP contribution in [0.2, 0.25) is 5.15 Å². The van der Waals surface area contributed by atoms with Crippen LogP contribution in [0.25, 0.3) is 0 Å². The summed E-state index contributed by atoms with van der Waals surface area (Å²) in [7, 11) is 0. The van der Waals surface area contributed by atoms with Gasteiger partial charge in [-0.2, -0.15) is 4.98 Å². The molecule has 1 aromatic carbocycles. The summed E-state index contributed by atoms with van der Waals surface area (Å²) in [6, 6.07) is 4.69. The van der Waals surface area contributed by atoms with Crippen molar-refractivity contribution in [3.63, 3.8) is 0 Å². The maximum atomic E-state index is 13.5. The van der Waals surface area contributed by atoms with Crippen molar-refractivity contribution in [2.24, 2.45) is 0 Å². The smallest absolute Gasteiger partial charge is 0.226 e. The van der Waals surface area contributed by atoms with E-state index in [9.17, 15) is 4.39 Å². The lowest BCUT2D eigenvalue weighted by atomic mass is 10.2. The normalized spacial score (nSPS) is 10.9. The predicted molar refractivity (Wildman–Crippen MR) is 77.1 cm³/mol. The van der Waals surface area contributed by atoms with Gasteiger partial charge in [-0.1, -0.05) is 31.5 Å². The predicted octanol–water partition coefficient (Wildman–Crippen LogP) is 4.80. The summed E-state index contributed by atoms with van der Waals surface area (Å²) in [5.74, 6) is 1.16. The molecule has 1 heterocycles. The summed E-state index contributed by atoms with van der Waals surface area (Å²) in [6.07, 6.45) is 0. The number of aryl methyl sites for hydroxylation is 1. The van der Waals surface area contributed by atoms with Crippen LogP contribution in [-0.2, 0) is 0 Å². The molecule has 0 N–H and O–H groups in total. The van der Waals surface area contributed by atoms with E-state index >= 15 is 0 Å². The Bertz CT molecular complexity index is 644. The Balaban J connectivity index is 2.39. The molecule has 0 aliphatic rings. The summed E-state index contributed by atoms with van der Waals surface area (Å²) in [5, 5.41) is 0.353. The van der Waals surface area contributed by atoms with Crippen LogP contribution >= 0.6 is 11.6 Å². The average molecular weight is 295 g/mol. The third-order valence-electron chi connectivity index (χ3n) is 2.93. The van der Waals surface area contributed by atoms with E-state index in [1.165, 1.54) is 6.07 Å². The van der Waals surface area contributed by atoms with Gasteiger partial charge in [-0.05, 0) is 25.5 Å². The molecule has 0 radical (unpaired) electrons. The van der Waals surface area contributed by atoms with Crippen LogP contribution < -0.4 is 4.74 Å². The molecule has 106 valence electrons. The maximum absolute atomic E-state index is 13.5. The first kappa shape index (κ1) is 14.7. The Morgan fingerprint density at radius 2 is 1.90 bits per heavy atom. The van der Waals surface area contributed by atoms with Gasteiger partial charge < -0.3 is 4.74 Å². The molecule has 0 atom stereocenters. The van der Waals surface area contributed by atoms with Crippen LogP contribution in [0.4, 0.5) is 4.39 Å². The monoisotopic (exact) mass is 294 g/mol. The van der Waals surface area contributed by atoms with Crippen molar-refractivity contribution in [2.45, 2.75) is 33.6 Å². The maximum Gasteiger partial charge on any atom is 0.226 e. The van der Waals surface area contributed by atoms with Gasteiger partial charge in [0.25, 0.3) is 0 Å². The van der Waals surface area contributed by atoms with Gasteiger partial charge in [-0.25, -0.2) is 9.37 Å². The first-order valence-corrected chi connectivity index (χ1v) is 6.74. The highest BCUT2D eigenvalue weighted by Gasteiger charge is 2.14. The number of rotatable bonds is 3. The molecule has 2 aromatic rings. The summed E-state index contributed by atoms with van der Waals surface area (Å²) >= 11 is 6.08. The summed E-state index contributed by atoms with van der Waals surface area (Å²) < 4.78 is 19.2. The number of hydrogen-bond donors (Lipinski definition) is 0. The third kappa shape index (κ3) is 3.07. The minimum atomic E-state index is -0.315. The minimum Gasteiger partial charge on any atom is -0.438 e. The molecule has 0 unspecified atom stereocenters. The van der Waals surface area contributed by atoms with Gasteiger partial charge in [-0.3, -0.25) is 0 Å². The van der Waals surface area contributed by atoms with Crippen LogP contribution in [0.3, 0.4) is 0 Å². The van der Waals surface area contributed by atoms with Gasteiger partial charge in [0.15, 0.2) is 0 Å². The van der Waals surface area contributed by atoms with Gasteiger partial charge in [0.1, 0.15) is 22.5 Å². The number of nitrogens with zero attached hydrogens (tertiary/aromatic N) is 2. The third-order valence-corrected chi connectivity index (χ3v) is 3.30. The van der Waals surface area contributed by atoms with Crippen LogP contribution in [0.5, 0.6) is 11.6 Å². The van der Waals surface area contributed by atoms with Gasteiger partial charge >= 0.3 is 0 Å². The Kier molecular flexibility index (Phi) is 4.23. The Morgan fingerprint density at radius 1 is 1.20 bits per heavy atom. The number of halogens is 2. The van der Waals surface area contributed by atoms with Crippen LogP contribution in [0.15, 0.2) is 18.2 Å². The fraction of sp³-hybridized carbons (Fsp3) is 0.333. The van der Waals surface area contributed by atoms with Crippen LogP contribution in [0.1, 0.15) is 36.7 Å². The number of aromatic nitrogens is 2. The fourth-order valence-corrected chi connectivity index (χ4v) is 1.76. The van der Waals surface area contributed by atoms with E-state index in [1.54, 1.807) is 26.0 Å². The number of hydrogen-bond acceptors (Lipinski definition) is 3. The number of ether oxygens (including phenoxy) is 1. The Labute approximate surface area is 122 Å². The minimum absolute atomic E-state index is 0.130. The lowest BCUT2D eigenvalue weighted by Crippen LogP contribution is -2.02. The van der Waals surface area contributed by atoms with E-state index in [0.717, 1.165) is 0 Å². The largest absolute Gasteiger partial charge is 0.438 e. The van der Waals surface area contributed by atoms with E-state index in [0.29, 0.717) is 33.7 Å². The molecule has 0 bridgehead atoms. The van der Waals surface area contributed by atoms with Gasteiger partial charge in [0.2, 0.25) is 5.88 Å². The molecular weight excluding hydrogens is 279 g/mol. The Hall–Kier alpha value is -1.68. The van der Waals surface area contributed by atoms with Crippen molar-refractivity contribution in [2.75, 3.05) is 0 Å². The second kappa shape index (κ2) is 5.75. The molecule has 5 heteroatoms. The van der Waals surface area contributed by atoms with Crippen LogP contribution in [-0.4, -0.2) is 9.97 Å². The summed E-state index contributed by atoms with van der Waals surface area (Å²) in [6.45, 7) is 7.40. The average Bonchev–Trinajstić information content (AvgIpc) is 2.38. The molecule has 0 saturated heterocycles. The summed E-state index contributed by atoms with van der Waals surface area (Å²) in [4.78, 5) is 8.55. The summed E-state index contributed by atoms with van der Waals surface area (Å²) in [5.41, 5.74) is 1.20. The second-order valence-electron chi connectivity index (χ2n) is 4.97. The van der Waals surface area contributed by atoms with Crippen molar-refractivity contribution in [3.8, 4) is 11.6 Å². The molecule has 0 aliphatic heterocycles. The molecule has 1 aromatic heterocycles. The van der Waals surface area contributed by atoms with Crippen molar-refractivity contribution in [1.82, 2.24) is 9.97 Å². The first-order valence-electron chi connectivity index (χ1n) is 6.36. The Morgan fingerprint density at radius 3 is 2.50 bits per heavy atom. The van der Waals surface area contributed by atoms with Crippen molar-refractivity contribution >= 4 is 11.6 Å². The van der Waals surface area contributed by atoms with Gasteiger partial charge in [0.05, 0.1) is 0 Å². The molecule has 0 spiro atoms. The standard InChI is InChI=1S/C15H16ClFN2O/c1-8(2)14-18-13(16)10(4)15(19-14)20-11-6-5-9(3)12(17)7-11/h5-8H,1-4H3. The van der Waals surface area contributed by atoms with Crippen LogP contribution in [0, 0.1) is 19.7 Å². The van der Waals surface area contributed by atoms with E-state index in [2.05, 4.69) is 9.97 Å². The molecule has 0 aliphatic carbocycles. The van der Waals surface area contributed by atoms with E-state index in [1.807, 2.05) is 13.8 Å². The molecular formula is C15H16ClFN2O. The van der Waals surface area contributed by atoms with Gasteiger partial charge in [0, 0.05) is 17.5 Å². The van der Waals surface area contributed by atoms with E-state index in [4.69, 9.17) is 16.3 Å². The van der Waals surface area contributed by atoms with Crippen molar-refractivity contribution in [3.05, 3.63) is 46.1 Å². The molecule has 0 saturated carbocycles. The highest BCUT2D eigenvalue weighted by molar-refractivity contribution is 6.30. The molecule has 0 fully saturated rings. The zero-order chi connectivity index (χ0) is 14.9. The lowest BCUT2D eigenvalue weighted by molar-refractivity contribution is 0.448. The van der Waals surface area contributed by atoms with Gasteiger partial charge in [-0.15, -0.1) is 0 Å². The highest BCUT2D eigenvalue weighted by atomic mass is 35.5. The molecule has 2 rings (SSSR count). The quantitative estimate of drug-likeness (QED) is 0.763. The molecule has 3 nitrogen and oxygen atoms in total. The lowest BCUT2D eigenvalue weighted by Gasteiger charge is -2.12. The molecule has 0 amide bonds.